The molecule has 2 aromatic rings. The summed E-state index contributed by atoms with van der Waals surface area (Å²) >= 11 is 5.61. The molecule has 0 aromatic heterocycles. The third-order valence-electron chi connectivity index (χ3n) is 3.04. The van der Waals surface area contributed by atoms with Crippen LogP contribution >= 0.6 is 11.6 Å². The maximum absolute atomic E-state index is 13.9. The second-order valence-corrected chi connectivity index (χ2v) is 4.86. The Morgan fingerprint density at radius 3 is 2.24 bits per heavy atom. The molecule has 0 aliphatic heterocycles. The molecule has 6 heteroatoms. The zero-order valence-corrected chi connectivity index (χ0v) is 11.8. The Hall–Kier alpha value is -1.59. The molecule has 0 aliphatic carbocycles. The lowest BCUT2D eigenvalue weighted by molar-refractivity contribution is 0.480. The van der Waals surface area contributed by atoms with Crippen molar-refractivity contribution in [3.05, 3.63) is 69.8 Å². The molecule has 1 atom stereocenters. The summed E-state index contributed by atoms with van der Waals surface area (Å²) in [6.45, 7) is 2.18. The quantitative estimate of drug-likeness (QED) is 0.642. The number of halogens is 5. The SMILES string of the molecule is CCNC(c1ccc(Cl)c(F)c1)c1cc(F)c(F)cc1F. The lowest BCUT2D eigenvalue weighted by atomic mass is 9.97. The second-order valence-electron chi connectivity index (χ2n) is 4.45. The Kier molecular flexibility index (Phi) is 4.85. The van der Waals surface area contributed by atoms with Gasteiger partial charge in [-0.2, -0.15) is 0 Å². The number of benzene rings is 2. The molecular weight excluding hydrogens is 306 g/mol. The minimum atomic E-state index is -1.27. The highest BCUT2D eigenvalue weighted by molar-refractivity contribution is 6.30. The molecule has 1 unspecified atom stereocenters. The van der Waals surface area contributed by atoms with Crippen molar-refractivity contribution in [3.8, 4) is 0 Å². The maximum Gasteiger partial charge on any atom is 0.161 e. The fraction of sp³-hybridized carbons (Fsp3) is 0.200. The predicted molar refractivity (Wildman–Crippen MR) is 73.2 cm³/mol. The van der Waals surface area contributed by atoms with Crippen molar-refractivity contribution in [1.29, 1.82) is 0 Å². The van der Waals surface area contributed by atoms with E-state index in [-0.39, 0.29) is 10.6 Å². The van der Waals surface area contributed by atoms with E-state index in [4.69, 9.17) is 11.6 Å². The van der Waals surface area contributed by atoms with Crippen molar-refractivity contribution in [2.45, 2.75) is 13.0 Å². The molecule has 0 bridgehead atoms. The number of hydrogen-bond acceptors (Lipinski definition) is 1. The van der Waals surface area contributed by atoms with Crippen LogP contribution in [0.4, 0.5) is 17.6 Å². The van der Waals surface area contributed by atoms with E-state index >= 15 is 0 Å². The smallest absolute Gasteiger partial charge is 0.161 e. The number of hydrogen-bond donors (Lipinski definition) is 1. The van der Waals surface area contributed by atoms with Crippen LogP contribution in [-0.4, -0.2) is 6.54 Å². The van der Waals surface area contributed by atoms with Gasteiger partial charge in [-0.1, -0.05) is 24.6 Å². The summed E-state index contributed by atoms with van der Waals surface area (Å²) in [5, 5.41) is 2.84. The minimum absolute atomic E-state index is 0.0697. The topological polar surface area (TPSA) is 12.0 Å². The lowest BCUT2D eigenvalue weighted by Gasteiger charge is -2.20. The van der Waals surface area contributed by atoms with Gasteiger partial charge in [0.05, 0.1) is 11.1 Å². The van der Waals surface area contributed by atoms with Crippen LogP contribution in [0.25, 0.3) is 0 Å². The van der Waals surface area contributed by atoms with E-state index < -0.39 is 29.3 Å². The molecule has 0 spiro atoms. The average molecular weight is 318 g/mol. The van der Waals surface area contributed by atoms with Crippen LogP contribution in [0.1, 0.15) is 24.1 Å². The first-order chi connectivity index (χ1) is 9.93. The fourth-order valence-electron chi connectivity index (χ4n) is 2.06. The van der Waals surface area contributed by atoms with Gasteiger partial charge in [0.2, 0.25) is 0 Å². The van der Waals surface area contributed by atoms with Gasteiger partial charge in [0.15, 0.2) is 11.6 Å². The normalized spacial score (nSPS) is 12.5. The predicted octanol–water partition coefficient (Wildman–Crippen LogP) is 4.60. The molecule has 1 N–H and O–H groups in total. The van der Waals surface area contributed by atoms with Crippen LogP contribution in [0.3, 0.4) is 0 Å². The Labute approximate surface area is 124 Å². The van der Waals surface area contributed by atoms with Crippen molar-refractivity contribution < 1.29 is 17.6 Å². The van der Waals surface area contributed by atoms with Gasteiger partial charge in [-0.25, -0.2) is 17.6 Å². The molecule has 0 saturated carbocycles. The van der Waals surface area contributed by atoms with E-state index in [1.54, 1.807) is 6.92 Å². The van der Waals surface area contributed by atoms with E-state index in [1.165, 1.54) is 12.1 Å². The van der Waals surface area contributed by atoms with Crippen molar-refractivity contribution >= 4 is 11.6 Å². The van der Waals surface area contributed by atoms with E-state index in [0.717, 1.165) is 12.1 Å². The van der Waals surface area contributed by atoms with Crippen LogP contribution in [0.15, 0.2) is 30.3 Å². The molecule has 2 rings (SSSR count). The summed E-state index contributed by atoms with van der Waals surface area (Å²) in [6.07, 6.45) is 0. The van der Waals surface area contributed by atoms with Crippen molar-refractivity contribution in [2.24, 2.45) is 0 Å². The highest BCUT2D eigenvalue weighted by atomic mass is 35.5. The fourth-order valence-corrected chi connectivity index (χ4v) is 2.18. The van der Waals surface area contributed by atoms with Gasteiger partial charge in [0.25, 0.3) is 0 Å². The Morgan fingerprint density at radius 2 is 1.62 bits per heavy atom. The summed E-state index contributed by atoms with van der Waals surface area (Å²) in [5.74, 6) is -4.01. The van der Waals surface area contributed by atoms with E-state index in [0.29, 0.717) is 18.2 Å². The molecule has 0 aliphatic rings. The molecular formula is C15H12ClF4N. The molecule has 2 aromatic carbocycles. The van der Waals surface area contributed by atoms with E-state index in [2.05, 4.69) is 5.32 Å². The summed E-state index contributed by atoms with van der Waals surface area (Å²) in [6, 6.07) is 4.40. The summed E-state index contributed by atoms with van der Waals surface area (Å²) in [5.41, 5.74) is 0.265. The zero-order valence-electron chi connectivity index (χ0n) is 11.1. The van der Waals surface area contributed by atoms with Crippen molar-refractivity contribution in [1.82, 2.24) is 5.32 Å². The van der Waals surface area contributed by atoms with Gasteiger partial charge in [-0.15, -0.1) is 0 Å². The summed E-state index contributed by atoms with van der Waals surface area (Å²) in [4.78, 5) is 0. The van der Waals surface area contributed by atoms with Crippen molar-refractivity contribution in [3.63, 3.8) is 0 Å². The first-order valence-corrected chi connectivity index (χ1v) is 6.64. The van der Waals surface area contributed by atoms with Gasteiger partial charge >= 0.3 is 0 Å². The van der Waals surface area contributed by atoms with Gasteiger partial charge in [0.1, 0.15) is 11.6 Å². The molecule has 0 heterocycles. The Balaban J connectivity index is 2.52. The van der Waals surface area contributed by atoms with E-state index in [9.17, 15) is 17.6 Å². The van der Waals surface area contributed by atoms with Gasteiger partial charge in [-0.3, -0.25) is 0 Å². The molecule has 21 heavy (non-hydrogen) atoms. The number of rotatable bonds is 4. The summed E-state index contributed by atoms with van der Waals surface area (Å²) in [7, 11) is 0. The van der Waals surface area contributed by atoms with Gasteiger partial charge in [-0.05, 0) is 30.3 Å². The third-order valence-corrected chi connectivity index (χ3v) is 3.34. The standard InChI is InChI=1S/C15H12ClF4N/c1-2-21-15(8-3-4-10(16)12(18)5-8)9-6-13(19)14(20)7-11(9)17/h3-7,15,21H,2H2,1H3. The molecule has 0 saturated heterocycles. The highest BCUT2D eigenvalue weighted by Crippen LogP contribution is 2.28. The van der Waals surface area contributed by atoms with Crippen LogP contribution in [0, 0.1) is 23.3 Å². The van der Waals surface area contributed by atoms with E-state index in [1.807, 2.05) is 0 Å². The minimum Gasteiger partial charge on any atom is -0.306 e. The third kappa shape index (κ3) is 3.36. The van der Waals surface area contributed by atoms with Crippen LogP contribution < -0.4 is 5.32 Å². The molecule has 0 fully saturated rings. The zero-order chi connectivity index (χ0) is 15.6. The molecule has 0 amide bonds. The molecule has 0 radical (unpaired) electrons. The maximum atomic E-state index is 13.9. The first-order valence-electron chi connectivity index (χ1n) is 6.26. The first kappa shape index (κ1) is 15.8. The monoisotopic (exact) mass is 317 g/mol. The Morgan fingerprint density at radius 1 is 0.952 bits per heavy atom. The lowest BCUT2D eigenvalue weighted by Crippen LogP contribution is -2.23. The second kappa shape index (κ2) is 6.45. The van der Waals surface area contributed by atoms with Gasteiger partial charge in [0, 0.05) is 11.6 Å². The van der Waals surface area contributed by atoms with Crippen LogP contribution in [-0.2, 0) is 0 Å². The van der Waals surface area contributed by atoms with Gasteiger partial charge < -0.3 is 5.32 Å². The highest BCUT2D eigenvalue weighted by Gasteiger charge is 2.20. The average Bonchev–Trinajstić information content (AvgIpc) is 2.44. The Bertz CT molecular complexity index is 660. The van der Waals surface area contributed by atoms with Crippen LogP contribution in [0.2, 0.25) is 5.02 Å². The number of nitrogens with one attached hydrogen (secondary N) is 1. The largest absolute Gasteiger partial charge is 0.306 e. The molecule has 112 valence electrons. The summed E-state index contributed by atoms with van der Waals surface area (Å²) < 4.78 is 53.8. The molecule has 1 nitrogen and oxygen atoms in total. The van der Waals surface area contributed by atoms with Crippen molar-refractivity contribution in [2.75, 3.05) is 6.54 Å². The van der Waals surface area contributed by atoms with Crippen LogP contribution in [0.5, 0.6) is 0 Å².